The Bertz CT molecular complexity index is 834. The van der Waals surface area contributed by atoms with Crippen LogP contribution < -0.4 is 10.5 Å². The molecule has 4 heteroatoms. The zero-order valence-corrected chi connectivity index (χ0v) is 12.0. The van der Waals surface area contributed by atoms with Crippen molar-refractivity contribution in [3.8, 4) is 5.75 Å². The van der Waals surface area contributed by atoms with Gasteiger partial charge in [0.1, 0.15) is 5.75 Å². The van der Waals surface area contributed by atoms with Crippen molar-refractivity contribution >= 4 is 22.4 Å². The third-order valence-corrected chi connectivity index (χ3v) is 3.61. The zero-order chi connectivity index (χ0) is 15.0. The van der Waals surface area contributed by atoms with Gasteiger partial charge < -0.3 is 15.0 Å². The molecule has 0 aliphatic rings. The largest absolute Gasteiger partial charge is 0.496 e. The molecule has 1 aromatic heterocycles. The molecule has 0 aliphatic carbocycles. The molecule has 1 heterocycles. The van der Waals surface area contributed by atoms with E-state index < -0.39 is 0 Å². The van der Waals surface area contributed by atoms with E-state index >= 15 is 0 Å². The fourth-order valence-electron chi connectivity index (χ4n) is 2.56. The van der Waals surface area contributed by atoms with Gasteiger partial charge in [-0.3, -0.25) is 4.79 Å². The number of nitrogen functional groups attached to an aromatic ring is 1. The molecule has 4 nitrogen and oxygen atoms in total. The van der Waals surface area contributed by atoms with Crippen molar-refractivity contribution in [2.24, 2.45) is 7.05 Å². The Kier molecular flexibility index (Phi) is 3.14. The van der Waals surface area contributed by atoms with Gasteiger partial charge in [0, 0.05) is 41.5 Å². The molecule has 0 radical (unpaired) electrons. The lowest BCUT2D eigenvalue weighted by Gasteiger charge is -2.08. The number of methoxy groups -OCH3 is 1. The Labute approximate surface area is 122 Å². The fraction of sp³-hybridized carbons (Fsp3) is 0.118. The van der Waals surface area contributed by atoms with E-state index in [1.165, 1.54) is 7.11 Å². The van der Waals surface area contributed by atoms with E-state index in [1.807, 2.05) is 42.1 Å². The molecule has 0 unspecified atom stereocenters. The summed E-state index contributed by atoms with van der Waals surface area (Å²) < 4.78 is 7.23. The lowest BCUT2D eigenvalue weighted by molar-refractivity contribution is 0.103. The van der Waals surface area contributed by atoms with Crippen molar-refractivity contribution in [2.75, 3.05) is 12.8 Å². The number of para-hydroxylation sites is 1. The van der Waals surface area contributed by atoms with Crippen LogP contribution in [0.3, 0.4) is 0 Å². The number of ether oxygens (including phenoxy) is 1. The molecular weight excluding hydrogens is 264 g/mol. The number of nitrogens with zero attached hydrogens (tertiary/aromatic N) is 1. The number of nitrogens with two attached hydrogens (primary N) is 1. The normalized spacial score (nSPS) is 10.8. The van der Waals surface area contributed by atoms with Gasteiger partial charge in [0.05, 0.1) is 12.7 Å². The molecule has 2 N–H and O–H groups in total. The van der Waals surface area contributed by atoms with Crippen LogP contribution in [0, 0.1) is 0 Å². The fourth-order valence-corrected chi connectivity index (χ4v) is 2.56. The molecule has 21 heavy (non-hydrogen) atoms. The summed E-state index contributed by atoms with van der Waals surface area (Å²) >= 11 is 0. The first kappa shape index (κ1) is 13.2. The minimum absolute atomic E-state index is 0.0661. The summed E-state index contributed by atoms with van der Waals surface area (Å²) in [7, 11) is 3.47. The maximum atomic E-state index is 12.8. The van der Waals surface area contributed by atoms with Crippen molar-refractivity contribution in [1.29, 1.82) is 0 Å². The SMILES string of the molecule is COc1cc(N)ccc1C(=O)c1cn(C)c2ccccc12. The topological polar surface area (TPSA) is 57.2 Å². The monoisotopic (exact) mass is 280 g/mol. The van der Waals surface area contributed by atoms with Gasteiger partial charge in [-0.1, -0.05) is 18.2 Å². The van der Waals surface area contributed by atoms with E-state index in [-0.39, 0.29) is 5.78 Å². The first-order valence-electron chi connectivity index (χ1n) is 6.64. The van der Waals surface area contributed by atoms with Crippen LogP contribution in [-0.2, 0) is 7.05 Å². The van der Waals surface area contributed by atoms with Crippen molar-refractivity contribution < 1.29 is 9.53 Å². The number of aromatic nitrogens is 1. The third kappa shape index (κ3) is 2.14. The summed E-state index contributed by atoms with van der Waals surface area (Å²) in [4.78, 5) is 12.8. The second kappa shape index (κ2) is 4.98. The highest BCUT2D eigenvalue weighted by Crippen LogP contribution is 2.28. The predicted molar refractivity (Wildman–Crippen MR) is 83.8 cm³/mol. The summed E-state index contributed by atoms with van der Waals surface area (Å²) in [5, 5.41) is 0.934. The maximum absolute atomic E-state index is 12.8. The number of rotatable bonds is 3. The standard InChI is InChI=1S/C17H16N2O2/c1-19-10-14(12-5-3-4-6-15(12)19)17(20)13-8-7-11(18)9-16(13)21-2/h3-10H,18H2,1-2H3. The average Bonchev–Trinajstić information content (AvgIpc) is 2.84. The predicted octanol–water partition coefficient (Wildman–Crippen LogP) is 3.00. The highest BCUT2D eigenvalue weighted by Gasteiger charge is 2.19. The first-order valence-corrected chi connectivity index (χ1v) is 6.64. The zero-order valence-electron chi connectivity index (χ0n) is 12.0. The molecular formula is C17H16N2O2. The van der Waals surface area contributed by atoms with Crippen LogP contribution in [-0.4, -0.2) is 17.5 Å². The van der Waals surface area contributed by atoms with Gasteiger partial charge in [0.15, 0.2) is 5.78 Å². The molecule has 0 aliphatic heterocycles. The van der Waals surface area contributed by atoms with Crippen LogP contribution in [0.5, 0.6) is 5.75 Å². The average molecular weight is 280 g/mol. The summed E-state index contributed by atoms with van der Waals surface area (Å²) in [5.74, 6) is 0.427. The summed E-state index contributed by atoms with van der Waals surface area (Å²) in [6.07, 6.45) is 1.85. The van der Waals surface area contributed by atoms with E-state index in [9.17, 15) is 4.79 Å². The van der Waals surface area contributed by atoms with Crippen molar-refractivity contribution in [1.82, 2.24) is 4.57 Å². The summed E-state index contributed by atoms with van der Waals surface area (Å²) in [5.41, 5.74) is 8.52. The van der Waals surface area contributed by atoms with Crippen LogP contribution in [0.4, 0.5) is 5.69 Å². The first-order chi connectivity index (χ1) is 10.1. The van der Waals surface area contributed by atoms with Crippen LogP contribution >= 0.6 is 0 Å². The van der Waals surface area contributed by atoms with Gasteiger partial charge in [-0.05, 0) is 18.2 Å². The van der Waals surface area contributed by atoms with Gasteiger partial charge in [0.25, 0.3) is 0 Å². The second-order valence-electron chi connectivity index (χ2n) is 4.96. The molecule has 0 spiro atoms. The number of hydrogen-bond donors (Lipinski definition) is 1. The molecule has 3 aromatic rings. The van der Waals surface area contributed by atoms with E-state index in [0.29, 0.717) is 22.6 Å². The molecule has 0 fully saturated rings. The summed E-state index contributed by atoms with van der Waals surface area (Å²) in [6, 6.07) is 12.9. The highest BCUT2D eigenvalue weighted by molar-refractivity contribution is 6.17. The molecule has 0 saturated carbocycles. The van der Waals surface area contributed by atoms with Gasteiger partial charge >= 0.3 is 0 Å². The van der Waals surface area contributed by atoms with E-state index in [0.717, 1.165) is 10.9 Å². The second-order valence-corrected chi connectivity index (χ2v) is 4.96. The lowest BCUT2D eigenvalue weighted by atomic mass is 10.0. The summed E-state index contributed by atoms with van der Waals surface area (Å²) in [6.45, 7) is 0. The Morgan fingerprint density at radius 3 is 2.67 bits per heavy atom. The maximum Gasteiger partial charge on any atom is 0.198 e. The number of fused-ring (bicyclic) bond motifs is 1. The van der Waals surface area contributed by atoms with Crippen LogP contribution in [0.15, 0.2) is 48.7 Å². The van der Waals surface area contributed by atoms with Gasteiger partial charge in [-0.15, -0.1) is 0 Å². The molecule has 0 saturated heterocycles. The molecule has 3 rings (SSSR count). The molecule has 0 amide bonds. The Morgan fingerprint density at radius 2 is 1.90 bits per heavy atom. The number of ketones is 1. The van der Waals surface area contributed by atoms with E-state index in [4.69, 9.17) is 10.5 Å². The minimum atomic E-state index is -0.0661. The van der Waals surface area contributed by atoms with Crippen molar-refractivity contribution in [3.63, 3.8) is 0 Å². The van der Waals surface area contributed by atoms with Crippen LogP contribution in [0.25, 0.3) is 10.9 Å². The van der Waals surface area contributed by atoms with E-state index in [1.54, 1.807) is 18.2 Å². The molecule has 0 atom stereocenters. The quantitative estimate of drug-likeness (QED) is 0.592. The number of carbonyl (C=O) groups excluding carboxylic acids is 1. The number of hydrogen-bond acceptors (Lipinski definition) is 3. The Morgan fingerprint density at radius 1 is 1.14 bits per heavy atom. The Balaban J connectivity index is 2.17. The van der Waals surface area contributed by atoms with E-state index in [2.05, 4.69) is 0 Å². The van der Waals surface area contributed by atoms with Crippen molar-refractivity contribution in [2.45, 2.75) is 0 Å². The smallest absolute Gasteiger partial charge is 0.198 e. The molecule has 0 bridgehead atoms. The number of carbonyl (C=O) groups is 1. The lowest BCUT2D eigenvalue weighted by Crippen LogP contribution is -2.04. The Hall–Kier alpha value is -2.75. The number of anilines is 1. The highest BCUT2D eigenvalue weighted by atomic mass is 16.5. The minimum Gasteiger partial charge on any atom is -0.496 e. The van der Waals surface area contributed by atoms with Gasteiger partial charge in [-0.25, -0.2) is 0 Å². The number of aryl methyl sites for hydroxylation is 1. The van der Waals surface area contributed by atoms with Gasteiger partial charge in [-0.2, -0.15) is 0 Å². The van der Waals surface area contributed by atoms with Gasteiger partial charge in [0.2, 0.25) is 0 Å². The molecule has 2 aromatic carbocycles. The van der Waals surface area contributed by atoms with Crippen LogP contribution in [0.2, 0.25) is 0 Å². The number of benzene rings is 2. The van der Waals surface area contributed by atoms with Crippen molar-refractivity contribution in [3.05, 3.63) is 59.8 Å². The third-order valence-electron chi connectivity index (χ3n) is 3.61. The van der Waals surface area contributed by atoms with Crippen LogP contribution in [0.1, 0.15) is 15.9 Å². The molecule has 106 valence electrons.